The van der Waals surface area contributed by atoms with E-state index < -0.39 is 0 Å². The molecular formula is C15H17N3OS. The zero-order valence-electron chi connectivity index (χ0n) is 11.7. The number of carbonyl (C=O) groups is 1. The summed E-state index contributed by atoms with van der Waals surface area (Å²) in [5, 5.41) is 1.17. The molecule has 0 spiro atoms. The first-order chi connectivity index (χ1) is 9.69. The lowest BCUT2D eigenvalue weighted by Crippen LogP contribution is -2.23. The Kier molecular flexibility index (Phi) is 3.53. The molecule has 0 radical (unpaired) electrons. The van der Waals surface area contributed by atoms with Gasteiger partial charge in [0, 0.05) is 11.1 Å². The molecule has 0 bridgehead atoms. The summed E-state index contributed by atoms with van der Waals surface area (Å²) in [6.07, 6.45) is 3.86. The van der Waals surface area contributed by atoms with E-state index in [0.717, 1.165) is 29.8 Å². The van der Waals surface area contributed by atoms with Gasteiger partial charge in [-0.25, -0.2) is 4.98 Å². The van der Waals surface area contributed by atoms with Crippen LogP contribution in [0.25, 0.3) is 0 Å². The molecule has 0 aliphatic carbocycles. The summed E-state index contributed by atoms with van der Waals surface area (Å²) in [6, 6.07) is 3.67. The molecule has 4 nitrogen and oxygen atoms in total. The number of hydrogen-bond acceptors (Lipinski definition) is 4. The Labute approximate surface area is 122 Å². The molecule has 2 aromatic rings. The average molecular weight is 287 g/mol. The number of rotatable bonds is 4. The van der Waals surface area contributed by atoms with Gasteiger partial charge in [0.05, 0.1) is 35.0 Å². The van der Waals surface area contributed by atoms with Crippen molar-refractivity contribution in [2.24, 2.45) is 0 Å². The maximum atomic E-state index is 12.3. The molecule has 1 amide bonds. The minimum absolute atomic E-state index is 0.0814. The average Bonchev–Trinajstić information content (AvgIpc) is 2.93. The Morgan fingerprint density at radius 2 is 2.30 bits per heavy atom. The van der Waals surface area contributed by atoms with Crippen LogP contribution in [-0.4, -0.2) is 20.8 Å². The second-order valence-electron chi connectivity index (χ2n) is 5.03. The Morgan fingerprint density at radius 3 is 3.05 bits per heavy atom. The van der Waals surface area contributed by atoms with Gasteiger partial charge in [-0.2, -0.15) is 0 Å². The number of amides is 1. The van der Waals surface area contributed by atoms with Crippen molar-refractivity contribution in [1.29, 1.82) is 0 Å². The molecule has 104 valence electrons. The molecular weight excluding hydrogens is 270 g/mol. The number of thiazole rings is 1. The van der Waals surface area contributed by atoms with Crippen molar-refractivity contribution in [1.82, 2.24) is 14.9 Å². The Morgan fingerprint density at radius 1 is 1.45 bits per heavy atom. The summed E-state index contributed by atoms with van der Waals surface area (Å²) in [7, 11) is 0. The second kappa shape index (κ2) is 5.32. The number of nitrogens with zero attached hydrogens (tertiary/aromatic N) is 3. The van der Waals surface area contributed by atoms with Crippen LogP contribution in [0, 0.1) is 6.92 Å². The van der Waals surface area contributed by atoms with Crippen molar-refractivity contribution in [3.63, 3.8) is 0 Å². The number of pyridine rings is 1. The molecule has 0 fully saturated rings. The lowest BCUT2D eigenvalue weighted by atomic mass is 10.2. The smallest absolute Gasteiger partial charge is 0.256 e. The Hall–Kier alpha value is -1.75. The fraction of sp³-hybridized carbons (Fsp3) is 0.400. The highest BCUT2D eigenvalue weighted by Crippen LogP contribution is 2.26. The van der Waals surface area contributed by atoms with Crippen molar-refractivity contribution in [3.05, 3.63) is 45.2 Å². The second-order valence-corrected chi connectivity index (χ2v) is 6.19. The molecule has 3 rings (SSSR count). The van der Waals surface area contributed by atoms with E-state index in [0.29, 0.717) is 13.1 Å². The van der Waals surface area contributed by atoms with Gasteiger partial charge in [-0.15, -0.1) is 11.3 Å². The van der Waals surface area contributed by atoms with Crippen LogP contribution in [0.4, 0.5) is 0 Å². The summed E-state index contributed by atoms with van der Waals surface area (Å²) in [5.74, 6) is 0.0814. The fourth-order valence-electron chi connectivity index (χ4n) is 2.44. The van der Waals surface area contributed by atoms with E-state index >= 15 is 0 Å². The minimum Gasteiger partial charge on any atom is -0.327 e. The summed E-state index contributed by atoms with van der Waals surface area (Å²) in [4.78, 5) is 24.2. The molecule has 3 heterocycles. The van der Waals surface area contributed by atoms with Crippen molar-refractivity contribution in [2.75, 3.05) is 0 Å². The lowest BCUT2D eigenvalue weighted by Gasteiger charge is -2.14. The summed E-state index contributed by atoms with van der Waals surface area (Å²) < 4.78 is 0. The molecule has 0 atom stereocenters. The molecule has 0 N–H and O–H groups in total. The third-order valence-corrected chi connectivity index (χ3v) is 4.69. The number of aromatic nitrogens is 2. The van der Waals surface area contributed by atoms with Crippen LogP contribution < -0.4 is 0 Å². The molecule has 0 saturated heterocycles. The number of hydrogen-bond donors (Lipinski definition) is 0. The number of fused-ring (bicyclic) bond motifs is 1. The first-order valence-electron chi connectivity index (χ1n) is 6.87. The van der Waals surface area contributed by atoms with Crippen LogP contribution in [0.3, 0.4) is 0 Å². The van der Waals surface area contributed by atoms with Gasteiger partial charge in [0.1, 0.15) is 0 Å². The molecule has 0 aromatic carbocycles. The summed E-state index contributed by atoms with van der Waals surface area (Å²) in [5.41, 5.74) is 2.67. The van der Waals surface area contributed by atoms with E-state index in [2.05, 4.69) is 16.9 Å². The van der Waals surface area contributed by atoms with Gasteiger partial charge >= 0.3 is 0 Å². The SMILES string of the molecule is CCCc1nc(C)c(CN2Cc3ncccc3C2=O)s1. The molecule has 20 heavy (non-hydrogen) atoms. The van der Waals surface area contributed by atoms with E-state index in [1.54, 1.807) is 17.5 Å². The zero-order valence-corrected chi connectivity index (χ0v) is 12.5. The monoisotopic (exact) mass is 287 g/mol. The third-order valence-electron chi connectivity index (χ3n) is 3.48. The van der Waals surface area contributed by atoms with Gasteiger partial charge in [0.15, 0.2) is 0 Å². The molecule has 0 saturated carbocycles. The van der Waals surface area contributed by atoms with Gasteiger partial charge in [0.25, 0.3) is 5.91 Å². The van der Waals surface area contributed by atoms with Crippen LogP contribution in [0.1, 0.15) is 45.0 Å². The molecule has 1 aliphatic heterocycles. The van der Waals surface area contributed by atoms with E-state index in [1.165, 1.54) is 9.88 Å². The van der Waals surface area contributed by atoms with Gasteiger partial charge < -0.3 is 4.90 Å². The van der Waals surface area contributed by atoms with Crippen LogP contribution in [0.5, 0.6) is 0 Å². The normalized spacial score (nSPS) is 13.9. The minimum atomic E-state index is 0.0814. The van der Waals surface area contributed by atoms with Gasteiger partial charge in [-0.1, -0.05) is 6.92 Å². The van der Waals surface area contributed by atoms with Crippen molar-refractivity contribution < 1.29 is 4.79 Å². The standard InChI is InChI=1S/C15H17N3OS/c1-3-5-14-17-10(2)13(20-14)9-18-8-12-11(15(18)19)6-4-7-16-12/h4,6-7H,3,5,8-9H2,1-2H3. The quantitative estimate of drug-likeness (QED) is 0.868. The van der Waals surface area contributed by atoms with Crippen LogP contribution in [0.15, 0.2) is 18.3 Å². The maximum absolute atomic E-state index is 12.3. The highest BCUT2D eigenvalue weighted by molar-refractivity contribution is 7.11. The van der Waals surface area contributed by atoms with Gasteiger partial charge in [-0.05, 0) is 31.9 Å². The number of aryl methyl sites for hydroxylation is 2. The lowest BCUT2D eigenvalue weighted by molar-refractivity contribution is 0.0767. The number of carbonyl (C=O) groups excluding carboxylic acids is 1. The molecule has 5 heteroatoms. The highest BCUT2D eigenvalue weighted by Gasteiger charge is 2.28. The van der Waals surface area contributed by atoms with Crippen molar-refractivity contribution in [2.45, 2.75) is 39.8 Å². The van der Waals surface area contributed by atoms with Crippen LogP contribution in [-0.2, 0) is 19.5 Å². The van der Waals surface area contributed by atoms with E-state index in [-0.39, 0.29) is 5.91 Å². The first-order valence-corrected chi connectivity index (χ1v) is 7.69. The highest BCUT2D eigenvalue weighted by atomic mass is 32.1. The fourth-order valence-corrected chi connectivity index (χ4v) is 3.63. The zero-order chi connectivity index (χ0) is 14.1. The third kappa shape index (κ3) is 2.33. The van der Waals surface area contributed by atoms with Crippen molar-refractivity contribution >= 4 is 17.2 Å². The van der Waals surface area contributed by atoms with E-state index in [4.69, 9.17) is 0 Å². The van der Waals surface area contributed by atoms with E-state index in [1.807, 2.05) is 24.0 Å². The van der Waals surface area contributed by atoms with E-state index in [9.17, 15) is 4.79 Å². The molecule has 0 unspecified atom stereocenters. The summed E-state index contributed by atoms with van der Waals surface area (Å²) >= 11 is 1.73. The predicted molar refractivity (Wildman–Crippen MR) is 78.7 cm³/mol. The van der Waals surface area contributed by atoms with Crippen LogP contribution >= 0.6 is 11.3 Å². The topological polar surface area (TPSA) is 46.1 Å². The Balaban J connectivity index is 1.78. The van der Waals surface area contributed by atoms with Crippen LogP contribution in [0.2, 0.25) is 0 Å². The Bertz CT molecular complexity index is 650. The van der Waals surface area contributed by atoms with Gasteiger partial charge in [-0.3, -0.25) is 9.78 Å². The first kappa shape index (κ1) is 13.2. The largest absolute Gasteiger partial charge is 0.327 e. The molecule has 1 aliphatic rings. The predicted octanol–water partition coefficient (Wildman–Crippen LogP) is 2.96. The summed E-state index contributed by atoms with van der Waals surface area (Å²) in [6.45, 7) is 5.43. The maximum Gasteiger partial charge on any atom is 0.256 e. The van der Waals surface area contributed by atoms with Crippen molar-refractivity contribution in [3.8, 4) is 0 Å². The molecule has 2 aromatic heterocycles. The van der Waals surface area contributed by atoms with Gasteiger partial charge in [0.2, 0.25) is 0 Å².